The zero-order valence-electron chi connectivity index (χ0n) is 13.3. The van der Waals surface area contributed by atoms with Crippen molar-refractivity contribution in [2.24, 2.45) is 0 Å². The van der Waals surface area contributed by atoms with E-state index in [1.807, 2.05) is 24.3 Å². The Hall–Kier alpha value is -1.43. The summed E-state index contributed by atoms with van der Waals surface area (Å²) in [5.74, 6) is 1.24. The van der Waals surface area contributed by atoms with Gasteiger partial charge in [0.2, 0.25) is 11.7 Å². The number of halogens is 1. The molecule has 2 aromatic rings. The summed E-state index contributed by atoms with van der Waals surface area (Å²) in [6.07, 6.45) is 3.86. The maximum absolute atomic E-state index is 6.20. The van der Waals surface area contributed by atoms with E-state index in [0.29, 0.717) is 29.3 Å². The van der Waals surface area contributed by atoms with E-state index in [9.17, 15) is 0 Å². The molecule has 5 nitrogen and oxygen atoms in total. The maximum Gasteiger partial charge on any atom is 0.241 e. The van der Waals surface area contributed by atoms with Crippen LogP contribution in [-0.2, 0) is 6.54 Å². The van der Waals surface area contributed by atoms with Gasteiger partial charge in [-0.3, -0.25) is 9.80 Å². The molecule has 0 spiro atoms. The number of nitrogens with zero attached hydrogens (tertiary/aromatic N) is 4. The zero-order chi connectivity index (χ0) is 15.8. The molecule has 2 aliphatic heterocycles. The first-order chi connectivity index (χ1) is 11.2. The summed E-state index contributed by atoms with van der Waals surface area (Å²) in [6, 6.07) is 8.99. The second kappa shape index (κ2) is 6.23. The first kappa shape index (κ1) is 15.1. The highest BCUT2D eigenvalue weighted by atomic mass is 35.5. The van der Waals surface area contributed by atoms with Crippen LogP contribution in [0, 0.1) is 0 Å². The van der Waals surface area contributed by atoms with Crippen LogP contribution in [0.25, 0.3) is 11.4 Å². The smallest absolute Gasteiger partial charge is 0.241 e. The Morgan fingerprint density at radius 1 is 1.22 bits per heavy atom. The summed E-state index contributed by atoms with van der Waals surface area (Å²) in [5.41, 5.74) is 0.818. The first-order valence-electron chi connectivity index (χ1n) is 8.22. The van der Waals surface area contributed by atoms with Crippen LogP contribution in [0.2, 0.25) is 5.02 Å². The summed E-state index contributed by atoms with van der Waals surface area (Å²) in [6.45, 7) is 2.89. The van der Waals surface area contributed by atoms with Crippen molar-refractivity contribution in [3.8, 4) is 11.4 Å². The molecule has 0 radical (unpaired) electrons. The molecule has 2 atom stereocenters. The maximum atomic E-state index is 6.20. The number of aromatic nitrogens is 2. The molecule has 0 N–H and O–H groups in total. The Kier molecular flexibility index (Phi) is 4.09. The lowest BCUT2D eigenvalue weighted by molar-refractivity contribution is 0.196. The van der Waals surface area contributed by atoms with Crippen molar-refractivity contribution in [2.45, 2.75) is 37.9 Å². The summed E-state index contributed by atoms with van der Waals surface area (Å²) in [7, 11) is 2.26. The molecule has 0 aliphatic carbocycles. The largest absolute Gasteiger partial charge is 0.338 e. The van der Waals surface area contributed by atoms with Crippen LogP contribution >= 0.6 is 11.6 Å². The van der Waals surface area contributed by atoms with Gasteiger partial charge in [-0.2, -0.15) is 4.98 Å². The fraction of sp³-hybridized carbons (Fsp3) is 0.529. The average Bonchev–Trinajstić information content (AvgIpc) is 3.08. The molecule has 0 amide bonds. The van der Waals surface area contributed by atoms with Crippen molar-refractivity contribution in [1.29, 1.82) is 0 Å². The van der Waals surface area contributed by atoms with E-state index in [1.165, 1.54) is 19.3 Å². The highest BCUT2D eigenvalue weighted by Gasteiger charge is 2.34. The van der Waals surface area contributed by atoms with E-state index in [4.69, 9.17) is 16.1 Å². The number of likely N-dealkylation sites (tertiary alicyclic amines) is 1. The average molecular weight is 333 g/mol. The molecule has 0 saturated carbocycles. The van der Waals surface area contributed by atoms with Gasteiger partial charge in [-0.05, 0) is 38.4 Å². The highest BCUT2D eigenvalue weighted by Crippen LogP contribution is 2.29. The van der Waals surface area contributed by atoms with E-state index < -0.39 is 0 Å². The van der Waals surface area contributed by atoms with Crippen molar-refractivity contribution in [2.75, 3.05) is 20.1 Å². The Labute approximate surface area is 141 Å². The second-order valence-electron chi connectivity index (χ2n) is 6.57. The molecule has 2 saturated heterocycles. The zero-order valence-corrected chi connectivity index (χ0v) is 14.0. The number of likely N-dealkylation sites (N-methyl/N-ethyl adjacent to an activating group) is 1. The third-order valence-corrected chi connectivity index (χ3v) is 5.50. The van der Waals surface area contributed by atoms with Crippen LogP contribution in [0.5, 0.6) is 0 Å². The van der Waals surface area contributed by atoms with E-state index in [-0.39, 0.29) is 0 Å². The Balaban J connectivity index is 1.47. The third-order valence-electron chi connectivity index (χ3n) is 5.17. The van der Waals surface area contributed by atoms with Gasteiger partial charge >= 0.3 is 0 Å². The van der Waals surface area contributed by atoms with E-state index in [0.717, 1.165) is 24.7 Å². The molecule has 1 aromatic carbocycles. The van der Waals surface area contributed by atoms with Crippen molar-refractivity contribution < 1.29 is 4.52 Å². The molecule has 2 aliphatic rings. The van der Waals surface area contributed by atoms with Crippen molar-refractivity contribution in [1.82, 2.24) is 19.9 Å². The van der Waals surface area contributed by atoms with Gasteiger partial charge in [-0.15, -0.1) is 0 Å². The number of hydrogen-bond donors (Lipinski definition) is 0. The highest BCUT2D eigenvalue weighted by molar-refractivity contribution is 6.33. The van der Waals surface area contributed by atoms with E-state index in [1.54, 1.807) is 0 Å². The normalized spacial score (nSPS) is 25.7. The molecule has 4 rings (SSSR count). The van der Waals surface area contributed by atoms with Crippen molar-refractivity contribution in [3.05, 3.63) is 35.2 Å². The third kappa shape index (κ3) is 3.01. The second-order valence-corrected chi connectivity index (χ2v) is 6.97. The number of hydrogen-bond acceptors (Lipinski definition) is 5. The van der Waals surface area contributed by atoms with Gasteiger partial charge in [0.25, 0.3) is 0 Å². The van der Waals surface area contributed by atoms with Gasteiger partial charge in [0, 0.05) is 30.7 Å². The molecule has 2 fully saturated rings. The Bertz CT molecular complexity index is 689. The number of benzene rings is 1. The van der Waals surface area contributed by atoms with Gasteiger partial charge in [0.15, 0.2) is 0 Å². The Morgan fingerprint density at radius 2 is 2.04 bits per heavy atom. The van der Waals surface area contributed by atoms with Crippen LogP contribution in [-0.4, -0.2) is 52.2 Å². The summed E-state index contributed by atoms with van der Waals surface area (Å²) in [5, 5.41) is 4.74. The van der Waals surface area contributed by atoms with Crippen molar-refractivity contribution >= 4 is 11.6 Å². The lowest BCUT2D eigenvalue weighted by atomic mass is 10.1. The summed E-state index contributed by atoms with van der Waals surface area (Å²) < 4.78 is 5.45. The minimum absolute atomic E-state index is 0.569. The molecule has 2 bridgehead atoms. The van der Waals surface area contributed by atoms with Crippen LogP contribution in [0.1, 0.15) is 25.2 Å². The standard InChI is InChI=1S/C17H21ClN4O/c1-21-12-6-7-13(21)10-22(9-8-12)11-16-19-17(20-23-16)14-4-2-3-5-15(14)18/h2-5,12-13H,6-11H2,1H3/t12-,13+/m0/s1. The van der Waals surface area contributed by atoms with Gasteiger partial charge < -0.3 is 4.52 Å². The number of rotatable bonds is 3. The van der Waals surface area contributed by atoms with Crippen LogP contribution < -0.4 is 0 Å². The van der Waals surface area contributed by atoms with Gasteiger partial charge in [-0.25, -0.2) is 0 Å². The first-order valence-corrected chi connectivity index (χ1v) is 8.60. The fourth-order valence-corrected chi connectivity index (χ4v) is 4.01. The molecule has 23 heavy (non-hydrogen) atoms. The van der Waals surface area contributed by atoms with Gasteiger partial charge in [0.05, 0.1) is 11.6 Å². The molecule has 3 heterocycles. The minimum Gasteiger partial charge on any atom is -0.338 e. The molecule has 0 unspecified atom stereocenters. The van der Waals surface area contributed by atoms with Crippen LogP contribution in [0.15, 0.2) is 28.8 Å². The lowest BCUT2D eigenvalue weighted by Gasteiger charge is -2.24. The minimum atomic E-state index is 0.569. The fourth-order valence-electron chi connectivity index (χ4n) is 3.79. The molecule has 6 heteroatoms. The lowest BCUT2D eigenvalue weighted by Crippen LogP contribution is -2.36. The number of fused-ring (bicyclic) bond motifs is 2. The summed E-state index contributed by atoms with van der Waals surface area (Å²) >= 11 is 6.20. The van der Waals surface area contributed by atoms with Gasteiger partial charge in [0.1, 0.15) is 0 Å². The predicted molar refractivity (Wildman–Crippen MR) is 89.2 cm³/mol. The molecule has 122 valence electrons. The Morgan fingerprint density at radius 3 is 2.91 bits per heavy atom. The summed E-state index contributed by atoms with van der Waals surface area (Å²) in [4.78, 5) is 9.51. The topological polar surface area (TPSA) is 45.4 Å². The van der Waals surface area contributed by atoms with Crippen molar-refractivity contribution in [3.63, 3.8) is 0 Å². The monoisotopic (exact) mass is 332 g/mol. The quantitative estimate of drug-likeness (QED) is 0.864. The molecular formula is C17H21ClN4O. The van der Waals surface area contributed by atoms with E-state index in [2.05, 4.69) is 27.0 Å². The van der Waals surface area contributed by atoms with E-state index >= 15 is 0 Å². The van der Waals surface area contributed by atoms with Crippen LogP contribution in [0.3, 0.4) is 0 Å². The van der Waals surface area contributed by atoms with Gasteiger partial charge in [-0.1, -0.05) is 28.9 Å². The molecular weight excluding hydrogens is 312 g/mol. The molecule has 1 aromatic heterocycles. The van der Waals surface area contributed by atoms with Crippen LogP contribution in [0.4, 0.5) is 0 Å². The SMILES string of the molecule is CN1[C@H]2CC[C@@H]1CN(Cc1nc(-c3ccccc3Cl)no1)CC2. The predicted octanol–water partition coefficient (Wildman–Crippen LogP) is 3.06.